The van der Waals surface area contributed by atoms with Crippen molar-refractivity contribution >= 4 is 21.4 Å². The standard InChI is InChI=1S/C10H15NO3S2/c1-8-7-10(9(2)15-8)16(12,13)11-3-5-14-6-4-11/h7H,3-6H2,1-2H3. The highest BCUT2D eigenvalue weighted by Gasteiger charge is 2.28. The van der Waals surface area contributed by atoms with E-state index < -0.39 is 10.0 Å². The number of nitrogens with zero attached hydrogens (tertiary/aromatic N) is 1. The van der Waals surface area contributed by atoms with Crippen LogP contribution in [0.25, 0.3) is 0 Å². The Morgan fingerprint density at radius 1 is 1.31 bits per heavy atom. The second-order valence-electron chi connectivity index (χ2n) is 3.79. The molecule has 1 saturated heterocycles. The molecule has 1 aromatic heterocycles. The van der Waals surface area contributed by atoms with Gasteiger partial charge in [-0.3, -0.25) is 0 Å². The number of aryl methyl sites for hydroxylation is 2. The molecule has 1 fully saturated rings. The van der Waals surface area contributed by atoms with Crippen molar-refractivity contribution in [2.75, 3.05) is 26.3 Å². The molecule has 1 aromatic rings. The number of rotatable bonds is 2. The molecule has 2 rings (SSSR count). The molecule has 2 heterocycles. The summed E-state index contributed by atoms with van der Waals surface area (Å²) in [5, 5.41) is 0. The molecule has 6 heteroatoms. The van der Waals surface area contributed by atoms with Gasteiger partial charge < -0.3 is 4.74 Å². The first kappa shape index (κ1) is 12.0. The second-order valence-corrected chi connectivity index (χ2v) is 7.16. The Balaban J connectivity index is 2.34. The molecule has 0 amide bonds. The number of morpholine rings is 1. The Bertz CT molecular complexity index is 472. The van der Waals surface area contributed by atoms with E-state index in [1.165, 1.54) is 15.6 Å². The van der Waals surface area contributed by atoms with Crippen LogP contribution in [0.2, 0.25) is 0 Å². The maximum atomic E-state index is 12.3. The van der Waals surface area contributed by atoms with Crippen LogP contribution in [0.5, 0.6) is 0 Å². The van der Waals surface area contributed by atoms with Crippen molar-refractivity contribution in [3.63, 3.8) is 0 Å². The van der Waals surface area contributed by atoms with Crippen LogP contribution in [0, 0.1) is 13.8 Å². The number of thiophene rings is 1. The molecule has 0 unspecified atom stereocenters. The van der Waals surface area contributed by atoms with E-state index in [0.717, 1.165) is 9.75 Å². The monoisotopic (exact) mass is 261 g/mol. The molecule has 0 aromatic carbocycles. The maximum Gasteiger partial charge on any atom is 0.244 e. The van der Waals surface area contributed by atoms with Crippen LogP contribution in [-0.2, 0) is 14.8 Å². The van der Waals surface area contributed by atoms with Gasteiger partial charge >= 0.3 is 0 Å². The van der Waals surface area contributed by atoms with Gasteiger partial charge in [0.15, 0.2) is 0 Å². The van der Waals surface area contributed by atoms with Crippen molar-refractivity contribution in [2.24, 2.45) is 0 Å². The van der Waals surface area contributed by atoms with Crippen molar-refractivity contribution in [3.8, 4) is 0 Å². The van der Waals surface area contributed by atoms with E-state index in [1.54, 1.807) is 6.07 Å². The molecule has 0 bridgehead atoms. The fraction of sp³-hybridized carbons (Fsp3) is 0.600. The summed E-state index contributed by atoms with van der Waals surface area (Å²) >= 11 is 1.52. The number of hydrogen-bond acceptors (Lipinski definition) is 4. The fourth-order valence-corrected chi connectivity index (χ4v) is 4.72. The van der Waals surface area contributed by atoms with Crippen LogP contribution >= 0.6 is 11.3 Å². The van der Waals surface area contributed by atoms with Crippen molar-refractivity contribution in [2.45, 2.75) is 18.7 Å². The largest absolute Gasteiger partial charge is 0.379 e. The molecular formula is C10H15NO3S2. The minimum absolute atomic E-state index is 0.455. The lowest BCUT2D eigenvalue weighted by molar-refractivity contribution is 0.0730. The normalized spacial score (nSPS) is 18.9. The Hall–Kier alpha value is -0.430. The quantitative estimate of drug-likeness (QED) is 0.808. The SMILES string of the molecule is Cc1cc(S(=O)(=O)N2CCOCC2)c(C)s1. The summed E-state index contributed by atoms with van der Waals surface area (Å²) in [7, 11) is -3.31. The van der Waals surface area contributed by atoms with Crippen LogP contribution in [0.1, 0.15) is 9.75 Å². The Morgan fingerprint density at radius 3 is 2.44 bits per heavy atom. The van der Waals surface area contributed by atoms with Crippen LogP contribution in [0.3, 0.4) is 0 Å². The smallest absolute Gasteiger partial charge is 0.244 e. The predicted octanol–water partition coefficient (Wildman–Crippen LogP) is 1.39. The number of ether oxygens (including phenoxy) is 1. The predicted molar refractivity (Wildman–Crippen MR) is 63.4 cm³/mol. The maximum absolute atomic E-state index is 12.3. The molecule has 90 valence electrons. The van der Waals surface area contributed by atoms with E-state index in [9.17, 15) is 8.42 Å². The Morgan fingerprint density at radius 2 is 1.94 bits per heavy atom. The molecule has 1 aliphatic rings. The highest BCUT2D eigenvalue weighted by Crippen LogP contribution is 2.27. The van der Waals surface area contributed by atoms with Crippen LogP contribution in [0.15, 0.2) is 11.0 Å². The molecule has 16 heavy (non-hydrogen) atoms. The molecule has 4 nitrogen and oxygen atoms in total. The van der Waals surface area contributed by atoms with E-state index in [4.69, 9.17) is 4.74 Å². The zero-order chi connectivity index (χ0) is 11.8. The number of hydrogen-bond donors (Lipinski definition) is 0. The van der Waals surface area contributed by atoms with Crippen molar-refractivity contribution < 1.29 is 13.2 Å². The van der Waals surface area contributed by atoms with E-state index in [-0.39, 0.29) is 0 Å². The molecule has 0 atom stereocenters. The molecule has 0 radical (unpaired) electrons. The zero-order valence-electron chi connectivity index (χ0n) is 9.39. The number of sulfonamides is 1. The third kappa shape index (κ3) is 2.15. The lowest BCUT2D eigenvalue weighted by Crippen LogP contribution is -2.40. The third-order valence-electron chi connectivity index (χ3n) is 2.58. The van der Waals surface area contributed by atoms with Crippen molar-refractivity contribution in [3.05, 3.63) is 15.8 Å². The van der Waals surface area contributed by atoms with Gasteiger partial charge in [0.1, 0.15) is 0 Å². The van der Waals surface area contributed by atoms with Crippen molar-refractivity contribution in [1.29, 1.82) is 0 Å². The summed E-state index contributed by atoms with van der Waals surface area (Å²) in [4.78, 5) is 2.35. The van der Waals surface area contributed by atoms with Crippen molar-refractivity contribution in [1.82, 2.24) is 4.31 Å². The Labute approximate surface area is 99.9 Å². The van der Waals surface area contributed by atoms with E-state index >= 15 is 0 Å². The highest BCUT2D eigenvalue weighted by atomic mass is 32.2. The Kier molecular flexibility index (Phi) is 3.34. The van der Waals surface area contributed by atoms with Gasteiger partial charge in [-0.05, 0) is 19.9 Å². The van der Waals surface area contributed by atoms with Gasteiger partial charge in [-0.25, -0.2) is 8.42 Å². The van der Waals surface area contributed by atoms with Crippen LogP contribution in [-0.4, -0.2) is 39.0 Å². The first-order valence-electron chi connectivity index (χ1n) is 5.17. The molecular weight excluding hydrogens is 246 g/mol. The minimum Gasteiger partial charge on any atom is -0.379 e. The lowest BCUT2D eigenvalue weighted by Gasteiger charge is -2.25. The second kappa shape index (κ2) is 4.44. The topological polar surface area (TPSA) is 46.6 Å². The highest BCUT2D eigenvalue weighted by molar-refractivity contribution is 7.89. The first-order valence-corrected chi connectivity index (χ1v) is 7.42. The summed E-state index contributed by atoms with van der Waals surface area (Å²) in [6.45, 7) is 5.66. The van der Waals surface area contributed by atoms with Gasteiger partial charge in [-0.1, -0.05) is 0 Å². The molecule has 1 aliphatic heterocycles. The summed E-state index contributed by atoms with van der Waals surface area (Å²) < 4.78 is 31.3. The summed E-state index contributed by atoms with van der Waals surface area (Å²) in [5.41, 5.74) is 0. The van der Waals surface area contributed by atoms with E-state index in [1.807, 2.05) is 13.8 Å². The summed E-state index contributed by atoms with van der Waals surface area (Å²) in [6.07, 6.45) is 0. The molecule has 0 saturated carbocycles. The minimum atomic E-state index is -3.31. The van der Waals surface area contributed by atoms with Gasteiger partial charge in [0.25, 0.3) is 0 Å². The third-order valence-corrected chi connectivity index (χ3v) is 5.70. The molecule has 0 spiro atoms. The van der Waals surface area contributed by atoms with E-state index in [2.05, 4.69) is 0 Å². The molecule has 0 aliphatic carbocycles. The summed E-state index contributed by atoms with van der Waals surface area (Å²) in [6, 6.07) is 1.75. The van der Waals surface area contributed by atoms with Crippen LogP contribution < -0.4 is 0 Å². The van der Waals surface area contributed by atoms with E-state index in [0.29, 0.717) is 31.2 Å². The first-order chi connectivity index (χ1) is 7.51. The van der Waals surface area contributed by atoms with Gasteiger partial charge in [0.05, 0.1) is 18.1 Å². The van der Waals surface area contributed by atoms with Crippen LogP contribution in [0.4, 0.5) is 0 Å². The average molecular weight is 261 g/mol. The van der Waals surface area contributed by atoms with Gasteiger partial charge in [-0.15, -0.1) is 11.3 Å². The zero-order valence-corrected chi connectivity index (χ0v) is 11.0. The van der Waals surface area contributed by atoms with Gasteiger partial charge in [-0.2, -0.15) is 4.31 Å². The summed E-state index contributed by atoms with van der Waals surface area (Å²) in [5.74, 6) is 0. The fourth-order valence-electron chi connectivity index (χ4n) is 1.79. The lowest BCUT2D eigenvalue weighted by atomic mass is 10.4. The van der Waals surface area contributed by atoms with Gasteiger partial charge in [0, 0.05) is 22.8 Å². The van der Waals surface area contributed by atoms with Gasteiger partial charge in [0.2, 0.25) is 10.0 Å². The molecule has 0 N–H and O–H groups in total. The average Bonchev–Trinajstić information content (AvgIpc) is 2.60.